The molecule has 0 spiro atoms. The number of hydrogen-bond donors (Lipinski definition) is 1. The monoisotopic (exact) mass is 318 g/mol. The van der Waals surface area contributed by atoms with Gasteiger partial charge in [-0.3, -0.25) is 4.79 Å². The first-order chi connectivity index (χ1) is 7.78. The van der Waals surface area contributed by atoms with Gasteiger partial charge in [0.05, 0.1) is 11.2 Å². The van der Waals surface area contributed by atoms with Gasteiger partial charge in [-0.25, -0.2) is 4.98 Å². The predicted molar refractivity (Wildman–Crippen MR) is 76.0 cm³/mol. The number of hydrogen-bond acceptors (Lipinski definition) is 3. The minimum atomic E-state index is -0.0334. The van der Waals surface area contributed by atoms with Gasteiger partial charge in [0.15, 0.2) is 0 Å². The van der Waals surface area contributed by atoms with Gasteiger partial charge in [-0.05, 0) is 18.8 Å². The number of halogens is 1. The number of carbonyl (C=O) groups is 1. The van der Waals surface area contributed by atoms with Gasteiger partial charge < -0.3 is 5.32 Å². The standard InChI is InChI=1S/C12H19BrN2OS/c1-8-14-7-10(17-8)11(16)15-6-9(13)5-12(2,3)4/h7,9H,5-6H2,1-4H3,(H,15,16). The highest BCUT2D eigenvalue weighted by molar-refractivity contribution is 9.09. The van der Waals surface area contributed by atoms with Crippen LogP contribution in [0.2, 0.25) is 0 Å². The number of amides is 1. The molecule has 0 aliphatic rings. The Labute approximate surface area is 115 Å². The SMILES string of the molecule is Cc1ncc(C(=O)NCC(Br)CC(C)(C)C)s1. The van der Waals surface area contributed by atoms with Gasteiger partial charge in [0, 0.05) is 11.4 Å². The maximum absolute atomic E-state index is 11.8. The molecule has 0 saturated heterocycles. The highest BCUT2D eigenvalue weighted by Crippen LogP contribution is 2.24. The molecule has 0 aliphatic carbocycles. The Hall–Kier alpha value is -0.420. The highest BCUT2D eigenvalue weighted by atomic mass is 79.9. The van der Waals surface area contributed by atoms with E-state index < -0.39 is 0 Å². The van der Waals surface area contributed by atoms with E-state index in [4.69, 9.17) is 0 Å². The first-order valence-electron chi connectivity index (χ1n) is 5.62. The van der Waals surface area contributed by atoms with Gasteiger partial charge in [-0.1, -0.05) is 36.7 Å². The van der Waals surface area contributed by atoms with E-state index in [9.17, 15) is 4.79 Å². The van der Waals surface area contributed by atoms with Gasteiger partial charge in [0.2, 0.25) is 0 Å². The highest BCUT2D eigenvalue weighted by Gasteiger charge is 2.17. The van der Waals surface area contributed by atoms with E-state index in [1.54, 1.807) is 6.20 Å². The zero-order chi connectivity index (χ0) is 13.1. The zero-order valence-electron chi connectivity index (χ0n) is 10.7. The largest absolute Gasteiger partial charge is 0.350 e. The lowest BCUT2D eigenvalue weighted by Crippen LogP contribution is -2.30. The molecular weight excluding hydrogens is 300 g/mol. The molecule has 1 rings (SSSR count). The molecule has 3 nitrogen and oxygen atoms in total. The van der Waals surface area contributed by atoms with E-state index in [-0.39, 0.29) is 11.3 Å². The first-order valence-corrected chi connectivity index (χ1v) is 7.36. The van der Waals surface area contributed by atoms with Crippen molar-refractivity contribution >= 4 is 33.2 Å². The second-order valence-electron chi connectivity index (χ2n) is 5.32. The van der Waals surface area contributed by atoms with Crippen LogP contribution in [0.15, 0.2) is 6.20 Å². The van der Waals surface area contributed by atoms with Crippen molar-refractivity contribution in [2.24, 2.45) is 5.41 Å². The summed E-state index contributed by atoms with van der Waals surface area (Å²) in [6, 6.07) is 0. The van der Waals surface area contributed by atoms with Crippen molar-refractivity contribution in [3.8, 4) is 0 Å². The second-order valence-corrected chi connectivity index (χ2v) is 7.85. The lowest BCUT2D eigenvalue weighted by atomic mass is 9.90. The van der Waals surface area contributed by atoms with Gasteiger partial charge in [0.25, 0.3) is 5.91 Å². The summed E-state index contributed by atoms with van der Waals surface area (Å²) in [6.45, 7) is 9.11. The lowest BCUT2D eigenvalue weighted by Gasteiger charge is -2.22. The van der Waals surface area contributed by atoms with Gasteiger partial charge in [-0.15, -0.1) is 11.3 Å². The molecule has 1 amide bonds. The summed E-state index contributed by atoms with van der Waals surface area (Å²) < 4.78 is 0. The summed E-state index contributed by atoms with van der Waals surface area (Å²) >= 11 is 5.02. The molecule has 0 saturated carbocycles. The van der Waals surface area contributed by atoms with E-state index >= 15 is 0 Å². The van der Waals surface area contributed by atoms with Crippen molar-refractivity contribution in [2.75, 3.05) is 6.54 Å². The molecule has 1 N–H and O–H groups in total. The summed E-state index contributed by atoms with van der Waals surface area (Å²) in [5, 5.41) is 3.84. The van der Waals surface area contributed by atoms with E-state index in [0.717, 1.165) is 11.4 Å². The van der Waals surface area contributed by atoms with Gasteiger partial charge >= 0.3 is 0 Å². The van der Waals surface area contributed by atoms with Crippen LogP contribution < -0.4 is 5.32 Å². The Morgan fingerprint density at radius 1 is 1.59 bits per heavy atom. The lowest BCUT2D eigenvalue weighted by molar-refractivity contribution is 0.0956. The van der Waals surface area contributed by atoms with Crippen LogP contribution in [0.4, 0.5) is 0 Å². The maximum atomic E-state index is 11.8. The minimum Gasteiger partial charge on any atom is -0.350 e. The van der Waals surface area contributed by atoms with Crippen LogP contribution >= 0.6 is 27.3 Å². The molecular formula is C12H19BrN2OS. The van der Waals surface area contributed by atoms with Crippen LogP contribution in [-0.2, 0) is 0 Å². The quantitative estimate of drug-likeness (QED) is 0.865. The Morgan fingerprint density at radius 2 is 2.24 bits per heavy atom. The summed E-state index contributed by atoms with van der Waals surface area (Å²) in [5.74, 6) is -0.0334. The zero-order valence-corrected chi connectivity index (χ0v) is 13.1. The number of alkyl halides is 1. The molecule has 0 radical (unpaired) electrons. The predicted octanol–water partition coefficient (Wildman–Crippen LogP) is 3.38. The third-order valence-electron chi connectivity index (χ3n) is 2.16. The van der Waals surface area contributed by atoms with E-state index in [1.165, 1.54) is 11.3 Å². The fourth-order valence-electron chi connectivity index (χ4n) is 1.49. The van der Waals surface area contributed by atoms with Crippen LogP contribution in [0.5, 0.6) is 0 Å². The molecule has 1 heterocycles. The smallest absolute Gasteiger partial charge is 0.263 e. The summed E-state index contributed by atoms with van der Waals surface area (Å²) in [6.07, 6.45) is 2.65. The van der Waals surface area contributed by atoms with Crippen LogP contribution in [0.1, 0.15) is 41.9 Å². The van der Waals surface area contributed by atoms with Crippen molar-refractivity contribution in [2.45, 2.75) is 38.9 Å². The third-order valence-corrected chi connectivity index (χ3v) is 3.72. The third kappa shape index (κ3) is 5.64. The summed E-state index contributed by atoms with van der Waals surface area (Å²) in [5.41, 5.74) is 0.264. The second kappa shape index (κ2) is 5.96. The van der Waals surface area contributed by atoms with E-state index in [1.807, 2.05) is 6.92 Å². The normalized spacial score (nSPS) is 13.5. The first kappa shape index (κ1) is 14.6. The number of aryl methyl sites for hydroxylation is 1. The number of carbonyl (C=O) groups excluding carboxylic acids is 1. The molecule has 5 heteroatoms. The molecule has 0 aromatic carbocycles. The van der Waals surface area contributed by atoms with Crippen molar-refractivity contribution in [1.29, 1.82) is 0 Å². The molecule has 0 aliphatic heterocycles. The van der Waals surface area contributed by atoms with Crippen LogP contribution in [-0.4, -0.2) is 22.3 Å². The Kier molecular flexibility index (Phi) is 5.13. The summed E-state index contributed by atoms with van der Waals surface area (Å²) in [7, 11) is 0. The molecule has 1 unspecified atom stereocenters. The Balaban J connectivity index is 2.38. The van der Waals surface area contributed by atoms with Crippen molar-refractivity contribution in [3.63, 3.8) is 0 Å². The topological polar surface area (TPSA) is 42.0 Å². The fourth-order valence-corrected chi connectivity index (χ4v) is 3.32. The molecule has 0 fully saturated rings. The van der Waals surface area contributed by atoms with Crippen LogP contribution in [0.25, 0.3) is 0 Å². The fraction of sp³-hybridized carbons (Fsp3) is 0.667. The van der Waals surface area contributed by atoms with Crippen molar-refractivity contribution in [3.05, 3.63) is 16.1 Å². The number of nitrogens with zero attached hydrogens (tertiary/aromatic N) is 1. The molecule has 0 bridgehead atoms. The number of aromatic nitrogens is 1. The molecule has 1 aromatic heterocycles. The van der Waals surface area contributed by atoms with Crippen molar-refractivity contribution in [1.82, 2.24) is 10.3 Å². The van der Waals surface area contributed by atoms with Gasteiger partial charge in [-0.2, -0.15) is 0 Å². The molecule has 96 valence electrons. The average Bonchev–Trinajstić information content (AvgIpc) is 2.58. The Bertz CT molecular complexity index is 384. The number of thiazole rings is 1. The van der Waals surface area contributed by atoms with Gasteiger partial charge in [0.1, 0.15) is 4.88 Å². The van der Waals surface area contributed by atoms with Crippen LogP contribution in [0.3, 0.4) is 0 Å². The van der Waals surface area contributed by atoms with E-state index in [0.29, 0.717) is 16.2 Å². The maximum Gasteiger partial charge on any atom is 0.263 e. The number of nitrogens with one attached hydrogen (secondary N) is 1. The van der Waals surface area contributed by atoms with Crippen molar-refractivity contribution < 1.29 is 4.79 Å². The summed E-state index contributed by atoms with van der Waals surface area (Å²) in [4.78, 5) is 16.8. The van der Waals surface area contributed by atoms with Crippen LogP contribution in [0, 0.1) is 12.3 Å². The average molecular weight is 319 g/mol. The number of rotatable bonds is 4. The molecule has 17 heavy (non-hydrogen) atoms. The molecule has 1 aromatic rings. The molecule has 1 atom stereocenters. The minimum absolute atomic E-state index is 0.0334. The van der Waals surface area contributed by atoms with E-state index in [2.05, 4.69) is 47.0 Å². The Morgan fingerprint density at radius 3 is 2.71 bits per heavy atom.